The molecule has 4 heteroatoms. The number of furan rings is 1. The van der Waals surface area contributed by atoms with Gasteiger partial charge in [-0.3, -0.25) is 4.90 Å². The van der Waals surface area contributed by atoms with Gasteiger partial charge in [0.1, 0.15) is 11.3 Å². The molecule has 18 heavy (non-hydrogen) atoms. The fraction of sp³-hybridized carbons (Fsp3) is 0.429. The zero-order valence-electron chi connectivity index (χ0n) is 10.3. The highest BCUT2D eigenvalue weighted by atomic mass is 16.3. The SMILES string of the molecule is NC1CCN(Cc2coc3cc(O)ccc23)CC1. The highest BCUT2D eigenvalue weighted by Crippen LogP contribution is 2.26. The van der Waals surface area contributed by atoms with Crippen molar-refractivity contribution < 1.29 is 9.52 Å². The fourth-order valence-electron chi connectivity index (χ4n) is 2.55. The van der Waals surface area contributed by atoms with Gasteiger partial charge < -0.3 is 15.3 Å². The molecule has 2 heterocycles. The Labute approximate surface area is 106 Å². The lowest BCUT2D eigenvalue weighted by Crippen LogP contribution is -2.39. The quantitative estimate of drug-likeness (QED) is 0.851. The van der Waals surface area contributed by atoms with Crippen molar-refractivity contribution in [3.8, 4) is 5.75 Å². The van der Waals surface area contributed by atoms with E-state index in [-0.39, 0.29) is 5.75 Å². The minimum atomic E-state index is 0.243. The van der Waals surface area contributed by atoms with Crippen molar-refractivity contribution >= 4 is 11.0 Å². The fourth-order valence-corrected chi connectivity index (χ4v) is 2.55. The Balaban J connectivity index is 1.78. The second-order valence-electron chi connectivity index (χ2n) is 5.05. The number of piperidine rings is 1. The minimum Gasteiger partial charge on any atom is -0.508 e. The van der Waals surface area contributed by atoms with Crippen LogP contribution in [0.3, 0.4) is 0 Å². The molecule has 96 valence electrons. The third kappa shape index (κ3) is 2.21. The van der Waals surface area contributed by atoms with Crippen molar-refractivity contribution in [3.63, 3.8) is 0 Å². The number of rotatable bonds is 2. The molecule has 1 aliphatic rings. The predicted molar refractivity (Wildman–Crippen MR) is 70.4 cm³/mol. The number of likely N-dealkylation sites (tertiary alicyclic amines) is 1. The van der Waals surface area contributed by atoms with Crippen LogP contribution >= 0.6 is 0 Å². The number of fused-ring (bicyclic) bond motifs is 1. The molecule has 3 N–H and O–H groups in total. The molecule has 0 bridgehead atoms. The number of nitrogens with two attached hydrogens (primary N) is 1. The van der Waals surface area contributed by atoms with Crippen molar-refractivity contribution in [1.29, 1.82) is 0 Å². The van der Waals surface area contributed by atoms with Crippen LogP contribution in [0.2, 0.25) is 0 Å². The lowest BCUT2D eigenvalue weighted by molar-refractivity contribution is 0.206. The highest BCUT2D eigenvalue weighted by Gasteiger charge is 2.17. The van der Waals surface area contributed by atoms with E-state index < -0.39 is 0 Å². The molecule has 0 saturated carbocycles. The summed E-state index contributed by atoms with van der Waals surface area (Å²) in [6.07, 6.45) is 3.92. The Morgan fingerprint density at radius 1 is 1.33 bits per heavy atom. The molecule has 1 fully saturated rings. The zero-order chi connectivity index (χ0) is 12.5. The van der Waals surface area contributed by atoms with Crippen LogP contribution in [-0.2, 0) is 6.54 Å². The normalized spacial score (nSPS) is 18.5. The molecule has 1 aromatic heterocycles. The van der Waals surface area contributed by atoms with Crippen molar-refractivity contribution in [3.05, 3.63) is 30.0 Å². The standard InChI is InChI=1S/C14H18N2O2/c15-11-3-5-16(6-4-11)8-10-9-18-14-7-12(17)1-2-13(10)14/h1-2,7,9,11,17H,3-6,8,15H2. The Bertz CT molecular complexity index is 542. The van der Waals surface area contributed by atoms with Crippen LogP contribution in [0.1, 0.15) is 18.4 Å². The van der Waals surface area contributed by atoms with E-state index in [0.717, 1.165) is 43.4 Å². The van der Waals surface area contributed by atoms with E-state index in [4.69, 9.17) is 10.2 Å². The van der Waals surface area contributed by atoms with Gasteiger partial charge in [-0.05, 0) is 38.1 Å². The Kier molecular flexibility index (Phi) is 2.97. The third-order valence-corrected chi connectivity index (χ3v) is 3.67. The maximum Gasteiger partial charge on any atom is 0.137 e. The largest absolute Gasteiger partial charge is 0.508 e. The van der Waals surface area contributed by atoms with Crippen molar-refractivity contribution in [2.24, 2.45) is 5.73 Å². The molecule has 1 aromatic carbocycles. The van der Waals surface area contributed by atoms with E-state index in [1.807, 2.05) is 6.07 Å². The lowest BCUT2D eigenvalue weighted by atomic mass is 10.1. The molecular formula is C14H18N2O2. The van der Waals surface area contributed by atoms with Gasteiger partial charge in [0.25, 0.3) is 0 Å². The maximum absolute atomic E-state index is 9.41. The van der Waals surface area contributed by atoms with Crippen LogP contribution in [0.15, 0.2) is 28.9 Å². The Morgan fingerprint density at radius 2 is 2.11 bits per heavy atom. The summed E-state index contributed by atoms with van der Waals surface area (Å²) < 4.78 is 5.48. The first-order valence-corrected chi connectivity index (χ1v) is 6.39. The number of aromatic hydroxyl groups is 1. The second kappa shape index (κ2) is 4.63. The van der Waals surface area contributed by atoms with Gasteiger partial charge in [-0.25, -0.2) is 0 Å². The average molecular weight is 246 g/mol. The molecule has 0 radical (unpaired) electrons. The number of nitrogens with zero attached hydrogens (tertiary/aromatic N) is 1. The number of benzene rings is 1. The van der Waals surface area contributed by atoms with E-state index in [1.54, 1.807) is 18.4 Å². The molecule has 1 saturated heterocycles. The van der Waals surface area contributed by atoms with Gasteiger partial charge in [0, 0.05) is 29.6 Å². The van der Waals surface area contributed by atoms with E-state index in [1.165, 1.54) is 5.56 Å². The van der Waals surface area contributed by atoms with Gasteiger partial charge >= 0.3 is 0 Å². The smallest absolute Gasteiger partial charge is 0.137 e. The zero-order valence-corrected chi connectivity index (χ0v) is 10.3. The van der Waals surface area contributed by atoms with Crippen LogP contribution < -0.4 is 5.73 Å². The Hall–Kier alpha value is -1.52. The molecule has 3 rings (SSSR count). The van der Waals surface area contributed by atoms with Crippen LogP contribution in [0.4, 0.5) is 0 Å². The topological polar surface area (TPSA) is 62.6 Å². The molecule has 0 amide bonds. The number of hydrogen-bond acceptors (Lipinski definition) is 4. The molecule has 0 unspecified atom stereocenters. The molecule has 0 atom stereocenters. The van der Waals surface area contributed by atoms with Gasteiger partial charge in [0.2, 0.25) is 0 Å². The summed E-state index contributed by atoms with van der Waals surface area (Å²) in [4.78, 5) is 2.40. The van der Waals surface area contributed by atoms with Gasteiger partial charge in [0.15, 0.2) is 0 Å². The van der Waals surface area contributed by atoms with Gasteiger partial charge in [-0.2, -0.15) is 0 Å². The van der Waals surface area contributed by atoms with Gasteiger partial charge in [0.05, 0.1) is 6.26 Å². The Morgan fingerprint density at radius 3 is 2.89 bits per heavy atom. The van der Waals surface area contributed by atoms with Crippen LogP contribution in [0.25, 0.3) is 11.0 Å². The molecule has 2 aromatic rings. The van der Waals surface area contributed by atoms with Gasteiger partial charge in [-0.15, -0.1) is 0 Å². The molecule has 4 nitrogen and oxygen atoms in total. The van der Waals surface area contributed by atoms with E-state index in [9.17, 15) is 5.11 Å². The first kappa shape index (κ1) is 11.6. The van der Waals surface area contributed by atoms with E-state index in [2.05, 4.69) is 4.90 Å². The summed E-state index contributed by atoms with van der Waals surface area (Å²) in [5, 5.41) is 10.5. The third-order valence-electron chi connectivity index (χ3n) is 3.67. The first-order valence-electron chi connectivity index (χ1n) is 6.39. The molecular weight excluding hydrogens is 228 g/mol. The average Bonchev–Trinajstić information content (AvgIpc) is 2.74. The minimum absolute atomic E-state index is 0.243. The monoisotopic (exact) mass is 246 g/mol. The predicted octanol–water partition coefficient (Wildman–Crippen LogP) is 2.06. The number of hydrogen-bond donors (Lipinski definition) is 2. The highest BCUT2D eigenvalue weighted by molar-refractivity contribution is 5.82. The summed E-state index contributed by atoms with van der Waals surface area (Å²) in [7, 11) is 0. The summed E-state index contributed by atoms with van der Waals surface area (Å²) in [5.41, 5.74) is 7.83. The summed E-state index contributed by atoms with van der Waals surface area (Å²) in [6.45, 7) is 2.99. The lowest BCUT2D eigenvalue weighted by Gasteiger charge is -2.29. The van der Waals surface area contributed by atoms with E-state index in [0.29, 0.717) is 6.04 Å². The van der Waals surface area contributed by atoms with Gasteiger partial charge in [-0.1, -0.05) is 0 Å². The summed E-state index contributed by atoms with van der Waals surface area (Å²) in [6, 6.07) is 5.64. The molecule has 0 spiro atoms. The molecule has 0 aliphatic carbocycles. The van der Waals surface area contributed by atoms with Crippen LogP contribution in [0.5, 0.6) is 5.75 Å². The van der Waals surface area contributed by atoms with Crippen molar-refractivity contribution in [2.45, 2.75) is 25.4 Å². The van der Waals surface area contributed by atoms with Crippen LogP contribution in [0, 0.1) is 0 Å². The van der Waals surface area contributed by atoms with Crippen LogP contribution in [-0.4, -0.2) is 29.1 Å². The number of phenolic OH excluding ortho intramolecular Hbond substituents is 1. The summed E-state index contributed by atoms with van der Waals surface area (Å²) in [5.74, 6) is 0.243. The van der Waals surface area contributed by atoms with E-state index >= 15 is 0 Å². The second-order valence-corrected chi connectivity index (χ2v) is 5.05. The number of phenols is 1. The summed E-state index contributed by atoms with van der Waals surface area (Å²) >= 11 is 0. The van der Waals surface area contributed by atoms with Crippen molar-refractivity contribution in [1.82, 2.24) is 4.90 Å². The molecule has 1 aliphatic heterocycles. The van der Waals surface area contributed by atoms with Crippen molar-refractivity contribution in [2.75, 3.05) is 13.1 Å². The maximum atomic E-state index is 9.41. The first-order chi connectivity index (χ1) is 8.72.